The minimum Gasteiger partial charge on any atom is -0.494 e. The number of hydrogen-bond donors (Lipinski definition) is 0. The normalized spacial score (nSPS) is 21.2. The fraction of sp³-hybridized carbons (Fsp3) is 0.455. The van der Waals surface area contributed by atoms with Crippen molar-refractivity contribution >= 4 is 0 Å². The molecule has 1 rings (SSSR count). The van der Waals surface area contributed by atoms with Gasteiger partial charge in [0.25, 0.3) is 0 Å². The lowest BCUT2D eigenvalue weighted by atomic mass is 10.0. The van der Waals surface area contributed by atoms with Crippen molar-refractivity contribution in [2.75, 3.05) is 28.4 Å². The summed E-state index contributed by atoms with van der Waals surface area (Å²) in [7, 11) is 6.28. The molecule has 1 atom stereocenters. The average Bonchev–Trinajstić information content (AvgIpc) is 2.27. The Morgan fingerprint density at radius 2 is 1.73 bits per heavy atom. The van der Waals surface area contributed by atoms with Gasteiger partial charge < -0.3 is 18.9 Å². The molecule has 0 amide bonds. The lowest BCUT2D eigenvalue weighted by Gasteiger charge is -2.26. The lowest BCUT2D eigenvalue weighted by Crippen LogP contribution is -2.24. The third-order valence-electron chi connectivity index (χ3n) is 2.22. The molecule has 1 aliphatic carbocycles. The molecule has 4 nitrogen and oxygen atoms in total. The third kappa shape index (κ3) is 1.99. The first kappa shape index (κ1) is 11.7. The number of ether oxygens (including phenoxy) is 4. The second-order valence-corrected chi connectivity index (χ2v) is 3.00. The molecule has 0 fully saturated rings. The van der Waals surface area contributed by atoms with Crippen molar-refractivity contribution in [1.82, 2.24) is 0 Å². The van der Waals surface area contributed by atoms with Gasteiger partial charge in [-0.2, -0.15) is 0 Å². The summed E-state index contributed by atoms with van der Waals surface area (Å²) >= 11 is 0. The van der Waals surface area contributed by atoms with Gasteiger partial charge in [0, 0.05) is 7.11 Å². The molecule has 0 saturated carbocycles. The zero-order valence-electron chi connectivity index (χ0n) is 9.49. The molecule has 1 aliphatic rings. The van der Waals surface area contributed by atoms with Gasteiger partial charge in [-0.15, -0.1) is 0 Å². The van der Waals surface area contributed by atoms with Crippen LogP contribution in [0.25, 0.3) is 0 Å². The molecule has 0 radical (unpaired) electrons. The summed E-state index contributed by atoms with van der Waals surface area (Å²) in [5.41, 5.74) is 0.770. The Kier molecular flexibility index (Phi) is 3.80. The van der Waals surface area contributed by atoms with E-state index in [2.05, 4.69) is 6.58 Å². The van der Waals surface area contributed by atoms with Crippen LogP contribution < -0.4 is 0 Å². The van der Waals surface area contributed by atoms with Gasteiger partial charge in [-0.3, -0.25) is 0 Å². The summed E-state index contributed by atoms with van der Waals surface area (Å²) in [6.07, 6.45) is 1.46. The maximum atomic E-state index is 5.27. The zero-order valence-corrected chi connectivity index (χ0v) is 9.49. The minimum absolute atomic E-state index is 0.316. The summed E-state index contributed by atoms with van der Waals surface area (Å²) in [6.45, 7) is 3.88. The zero-order chi connectivity index (χ0) is 11.4. The van der Waals surface area contributed by atoms with Crippen molar-refractivity contribution in [1.29, 1.82) is 0 Å². The van der Waals surface area contributed by atoms with Crippen molar-refractivity contribution in [3.63, 3.8) is 0 Å². The van der Waals surface area contributed by atoms with Gasteiger partial charge in [0.2, 0.25) is 5.76 Å². The topological polar surface area (TPSA) is 36.9 Å². The Morgan fingerprint density at radius 1 is 1.07 bits per heavy atom. The predicted octanol–water partition coefficient (Wildman–Crippen LogP) is 1.61. The van der Waals surface area contributed by atoms with Crippen LogP contribution in [0, 0.1) is 0 Å². The van der Waals surface area contributed by atoms with Crippen LogP contribution >= 0.6 is 0 Å². The lowest BCUT2D eigenvalue weighted by molar-refractivity contribution is 0.0816. The number of hydrogen-bond acceptors (Lipinski definition) is 4. The van der Waals surface area contributed by atoms with Crippen LogP contribution in [0.5, 0.6) is 0 Å². The molecule has 0 saturated heterocycles. The molecule has 0 spiro atoms. The third-order valence-corrected chi connectivity index (χ3v) is 2.22. The van der Waals surface area contributed by atoms with Crippen molar-refractivity contribution in [2.45, 2.75) is 6.10 Å². The Labute approximate surface area is 89.8 Å². The molecule has 0 N–H and O–H groups in total. The van der Waals surface area contributed by atoms with E-state index >= 15 is 0 Å². The van der Waals surface area contributed by atoms with Crippen LogP contribution in [0.1, 0.15) is 0 Å². The summed E-state index contributed by atoms with van der Waals surface area (Å²) in [4.78, 5) is 0. The second-order valence-electron chi connectivity index (χ2n) is 3.00. The quantitative estimate of drug-likeness (QED) is 0.709. The monoisotopic (exact) mass is 212 g/mol. The Morgan fingerprint density at radius 3 is 2.13 bits per heavy atom. The molecule has 0 aromatic rings. The van der Waals surface area contributed by atoms with Crippen molar-refractivity contribution in [2.24, 2.45) is 0 Å². The van der Waals surface area contributed by atoms with E-state index in [-0.39, 0.29) is 6.10 Å². The molecule has 15 heavy (non-hydrogen) atoms. The van der Waals surface area contributed by atoms with E-state index in [0.717, 1.165) is 5.57 Å². The van der Waals surface area contributed by atoms with E-state index in [9.17, 15) is 0 Å². The van der Waals surface area contributed by atoms with Gasteiger partial charge in [0.05, 0.1) is 21.3 Å². The van der Waals surface area contributed by atoms with Crippen molar-refractivity contribution in [3.05, 3.63) is 35.5 Å². The van der Waals surface area contributed by atoms with E-state index in [1.165, 1.54) is 0 Å². The van der Waals surface area contributed by atoms with Crippen molar-refractivity contribution in [3.8, 4) is 0 Å². The maximum Gasteiger partial charge on any atom is 0.202 e. The molecule has 84 valence electrons. The van der Waals surface area contributed by atoms with Gasteiger partial charge in [-0.05, 0) is 11.6 Å². The summed E-state index contributed by atoms with van der Waals surface area (Å²) in [6, 6.07) is 0. The fourth-order valence-corrected chi connectivity index (χ4v) is 1.53. The summed E-state index contributed by atoms with van der Waals surface area (Å²) in [5.74, 6) is 1.70. The van der Waals surface area contributed by atoms with E-state index < -0.39 is 0 Å². The van der Waals surface area contributed by atoms with Crippen LogP contribution in [0.4, 0.5) is 0 Å². The minimum atomic E-state index is -0.316. The molecular formula is C11H16O4. The van der Waals surface area contributed by atoms with E-state index in [0.29, 0.717) is 17.3 Å². The van der Waals surface area contributed by atoms with Crippen LogP contribution in [-0.2, 0) is 18.9 Å². The summed E-state index contributed by atoms with van der Waals surface area (Å²) < 4.78 is 20.9. The highest BCUT2D eigenvalue weighted by atomic mass is 16.6. The SMILES string of the molecule is C=C1C=C(OC)C(OC)=C(OC)C1OC. The average molecular weight is 212 g/mol. The van der Waals surface area contributed by atoms with Crippen LogP contribution in [0.2, 0.25) is 0 Å². The highest BCUT2D eigenvalue weighted by Gasteiger charge is 2.29. The first-order chi connectivity index (χ1) is 7.19. The Hall–Kier alpha value is -1.42. The second kappa shape index (κ2) is 4.89. The summed E-state index contributed by atoms with van der Waals surface area (Å²) in [5, 5.41) is 0. The number of rotatable bonds is 4. The molecule has 0 aromatic carbocycles. The first-order valence-electron chi connectivity index (χ1n) is 4.49. The standard InChI is InChI=1S/C11H16O4/c1-7-6-8(12-2)10(14-4)11(15-5)9(7)13-3/h6,9H,1H2,2-5H3. The molecule has 0 aromatic heterocycles. The molecular weight excluding hydrogens is 196 g/mol. The molecule has 0 aliphatic heterocycles. The van der Waals surface area contributed by atoms with E-state index in [4.69, 9.17) is 18.9 Å². The predicted molar refractivity (Wildman–Crippen MR) is 56.1 cm³/mol. The van der Waals surface area contributed by atoms with Gasteiger partial charge in [-0.25, -0.2) is 0 Å². The first-order valence-corrected chi connectivity index (χ1v) is 4.49. The fourth-order valence-electron chi connectivity index (χ4n) is 1.53. The van der Waals surface area contributed by atoms with Crippen LogP contribution in [-0.4, -0.2) is 34.5 Å². The van der Waals surface area contributed by atoms with Gasteiger partial charge >= 0.3 is 0 Å². The number of methoxy groups -OCH3 is 4. The highest BCUT2D eigenvalue weighted by molar-refractivity contribution is 5.42. The molecule has 4 heteroatoms. The van der Waals surface area contributed by atoms with Crippen LogP contribution in [0.15, 0.2) is 35.5 Å². The Balaban J connectivity index is 3.18. The molecule has 1 unspecified atom stereocenters. The van der Waals surface area contributed by atoms with E-state index in [1.54, 1.807) is 34.5 Å². The van der Waals surface area contributed by atoms with Gasteiger partial charge in [0.1, 0.15) is 6.10 Å². The Bertz CT molecular complexity index is 315. The van der Waals surface area contributed by atoms with Gasteiger partial charge in [-0.1, -0.05) is 6.58 Å². The van der Waals surface area contributed by atoms with Gasteiger partial charge in [0.15, 0.2) is 11.5 Å². The van der Waals surface area contributed by atoms with Crippen LogP contribution in [0.3, 0.4) is 0 Å². The van der Waals surface area contributed by atoms with E-state index in [1.807, 2.05) is 0 Å². The smallest absolute Gasteiger partial charge is 0.202 e. The maximum absolute atomic E-state index is 5.27. The van der Waals surface area contributed by atoms with Crippen molar-refractivity contribution < 1.29 is 18.9 Å². The highest BCUT2D eigenvalue weighted by Crippen LogP contribution is 2.30. The molecule has 0 heterocycles. The molecule has 0 bridgehead atoms. The largest absolute Gasteiger partial charge is 0.494 e.